The van der Waals surface area contributed by atoms with E-state index in [0.717, 1.165) is 6.26 Å². The van der Waals surface area contributed by atoms with E-state index in [1.165, 1.54) is 24.3 Å². The normalized spacial score (nSPS) is 14.9. The van der Waals surface area contributed by atoms with Crippen LogP contribution in [0.5, 0.6) is 0 Å². The number of anilines is 2. The lowest BCUT2D eigenvalue weighted by molar-refractivity contribution is 0.0746. The fraction of sp³-hybridized carbons (Fsp3) is 0.278. The Morgan fingerprint density at radius 1 is 1.11 bits per heavy atom. The Labute approximate surface area is 162 Å². The number of benzene rings is 2. The Morgan fingerprint density at radius 2 is 1.78 bits per heavy atom. The van der Waals surface area contributed by atoms with Crippen LogP contribution in [0.3, 0.4) is 0 Å². The monoisotopic (exact) mass is 411 g/mol. The number of sulfonamides is 1. The number of nitrogens with zero attached hydrogens (tertiary/aromatic N) is 2. The molecule has 0 atom stereocenters. The number of carbonyl (C=O) groups is 1. The third-order valence-electron chi connectivity index (χ3n) is 4.27. The highest BCUT2D eigenvalue weighted by Crippen LogP contribution is 2.25. The lowest BCUT2D eigenvalue weighted by Gasteiger charge is -2.36. The molecule has 1 saturated heterocycles. The predicted molar refractivity (Wildman–Crippen MR) is 104 cm³/mol. The van der Waals surface area contributed by atoms with E-state index in [9.17, 15) is 17.6 Å². The number of hydrogen-bond acceptors (Lipinski definition) is 4. The summed E-state index contributed by atoms with van der Waals surface area (Å²) < 4.78 is 38.8. The Morgan fingerprint density at radius 3 is 2.37 bits per heavy atom. The van der Waals surface area contributed by atoms with E-state index in [4.69, 9.17) is 11.6 Å². The van der Waals surface area contributed by atoms with Crippen molar-refractivity contribution >= 4 is 38.9 Å². The molecule has 0 aliphatic carbocycles. The minimum absolute atomic E-state index is 0.149. The van der Waals surface area contributed by atoms with Gasteiger partial charge in [0.1, 0.15) is 5.82 Å². The second kappa shape index (κ2) is 7.74. The molecule has 0 radical (unpaired) electrons. The molecule has 9 heteroatoms. The summed E-state index contributed by atoms with van der Waals surface area (Å²) in [6.45, 7) is 1.95. The Kier molecular flexibility index (Phi) is 5.57. The maximum atomic E-state index is 13.9. The molecule has 2 aromatic rings. The summed E-state index contributed by atoms with van der Waals surface area (Å²) in [5, 5.41) is 0.149. The zero-order valence-electron chi connectivity index (χ0n) is 14.7. The first-order chi connectivity index (χ1) is 12.7. The van der Waals surface area contributed by atoms with E-state index in [-0.39, 0.29) is 22.4 Å². The molecule has 0 unspecified atom stereocenters. The van der Waals surface area contributed by atoms with E-state index >= 15 is 0 Å². The largest absolute Gasteiger partial charge is 0.366 e. The van der Waals surface area contributed by atoms with Gasteiger partial charge in [-0.15, -0.1) is 0 Å². The molecule has 1 aliphatic rings. The Balaban J connectivity index is 1.67. The van der Waals surface area contributed by atoms with Crippen molar-refractivity contribution in [2.75, 3.05) is 42.1 Å². The van der Waals surface area contributed by atoms with Crippen molar-refractivity contribution in [3.05, 3.63) is 58.9 Å². The van der Waals surface area contributed by atoms with Gasteiger partial charge in [-0.05, 0) is 30.3 Å². The van der Waals surface area contributed by atoms with Gasteiger partial charge in [-0.25, -0.2) is 12.8 Å². The van der Waals surface area contributed by atoms with Gasteiger partial charge in [-0.1, -0.05) is 23.7 Å². The van der Waals surface area contributed by atoms with Gasteiger partial charge in [0.15, 0.2) is 0 Å². The van der Waals surface area contributed by atoms with Crippen LogP contribution in [-0.2, 0) is 10.0 Å². The van der Waals surface area contributed by atoms with E-state index < -0.39 is 10.0 Å². The molecule has 6 nitrogen and oxygen atoms in total. The van der Waals surface area contributed by atoms with Gasteiger partial charge < -0.3 is 9.80 Å². The highest BCUT2D eigenvalue weighted by Gasteiger charge is 2.24. The van der Waals surface area contributed by atoms with Crippen LogP contribution in [0.2, 0.25) is 5.02 Å². The van der Waals surface area contributed by atoms with Crippen molar-refractivity contribution in [3.8, 4) is 0 Å². The van der Waals surface area contributed by atoms with E-state index in [0.29, 0.717) is 37.4 Å². The van der Waals surface area contributed by atoms with Gasteiger partial charge in [0.25, 0.3) is 5.91 Å². The summed E-state index contributed by atoms with van der Waals surface area (Å²) in [4.78, 5) is 16.3. The molecule has 1 aliphatic heterocycles. The molecular weight excluding hydrogens is 393 g/mol. The van der Waals surface area contributed by atoms with Gasteiger partial charge in [0.05, 0.1) is 22.7 Å². The predicted octanol–water partition coefficient (Wildman–Crippen LogP) is 2.81. The highest BCUT2D eigenvalue weighted by molar-refractivity contribution is 7.92. The van der Waals surface area contributed by atoms with Gasteiger partial charge in [0.2, 0.25) is 10.0 Å². The third kappa shape index (κ3) is 4.70. The topological polar surface area (TPSA) is 69.7 Å². The number of para-hydroxylation sites is 1. The summed E-state index contributed by atoms with van der Waals surface area (Å²) in [7, 11) is -3.46. The molecule has 1 fully saturated rings. The van der Waals surface area contributed by atoms with E-state index in [1.807, 2.05) is 4.90 Å². The maximum absolute atomic E-state index is 13.9. The number of hydrogen-bond donors (Lipinski definition) is 1. The van der Waals surface area contributed by atoms with Crippen molar-refractivity contribution < 1.29 is 17.6 Å². The first-order valence-electron chi connectivity index (χ1n) is 8.31. The molecule has 0 saturated carbocycles. The Hall–Kier alpha value is -2.32. The standard InChI is InChI=1S/C18H19ClFN3O3S/c1-27(25,26)21-16-7-6-13(12-14(16)19)18(24)23-10-8-22(9-11-23)17-5-3-2-4-15(17)20/h2-7,12,21H,8-11H2,1H3. The molecule has 0 bridgehead atoms. The third-order valence-corrected chi connectivity index (χ3v) is 5.17. The van der Waals surface area contributed by atoms with Crippen LogP contribution in [0.25, 0.3) is 0 Å². The van der Waals surface area contributed by atoms with Crippen molar-refractivity contribution in [2.45, 2.75) is 0 Å². The maximum Gasteiger partial charge on any atom is 0.254 e. The summed E-state index contributed by atoms with van der Waals surface area (Å²) in [6, 6.07) is 11.0. The minimum atomic E-state index is -3.46. The fourth-order valence-electron chi connectivity index (χ4n) is 2.97. The number of halogens is 2. The number of amides is 1. The summed E-state index contributed by atoms with van der Waals surface area (Å²) >= 11 is 6.09. The van der Waals surface area contributed by atoms with Crippen LogP contribution in [-0.4, -0.2) is 51.7 Å². The average Bonchev–Trinajstić information content (AvgIpc) is 2.62. The SMILES string of the molecule is CS(=O)(=O)Nc1ccc(C(=O)N2CCN(c3ccccc3F)CC2)cc1Cl. The van der Waals surface area contributed by atoms with E-state index in [1.54, 1.807) is 23.1 Å². The number of carbonyl (C=O) groups excluding carboxylic acids is 1. The first kappa shape index (κ1) is 19.4. The van der Waals surface area contributed by atoms with Gasteiger partial charge >= 0.3 is 0 Å². The lowest BCUT2D eigenvalue weighted by Crippen LogP contribution is -2.49. The fourth-order valence-corrected chi connectivity index (χ4v) is 3.83. The summed E-state index contributed by atoms with van der Waals surface area (Å²) in [5.74, 6) is -0.478. The van der Waals surface area contributed by atoms with Crippen LogP contribution in [0.1, 0.15) is 10.4 Å². The van der Waals surface area contributed by atoms with Gasteiger partial charge in [-0.2, -0.15) is 0 Å². The van der Waals surface area contributed by atoms with Crippen molar-refractivity contribution in [1.29, 1.82) is 0 Å². The van der Waals surface area contributed by atoms with Crippen LogP contribution >= 0.6 is 11.6 Å². The second-order valence-corrected chi connectivity index (χ2v) is 8.46. The van der Waals surface area contributed by atoms with Crippen molar-refractivity contribution in [3.63, 3.8) is 0 Å². The minimum Gasteiger partial charge on any atom is -0.366 e. The quantitative estimate of drug-likeness (QED) is 0.839. The molecule has 0 aromatic heterocycles. The summed E-state index contributed by atoms with van der Waals surface area (Å²) in [5.41, 5.74) is 1.13. The molecule has 144 valence electrons. The average molecular weight is 412 g/mol. The van der Waals surface area contributed by atoms with Crippen molar-refractivity contribution in [1.82, 2.24) is 4.90 Å². The highest BCUT2D eigenvalue weighted by atomic mass is 35.5. The zero-order valence-corrected chi connectivity index (χ0v) is 16.2. The van der Waals surface area contributed by atoms with Crippen LogP contribution in [0.4, 0.5) is 15.8 Å². The molecule has 3 rings (SSSR count). The van der Waals surface area contributed by atoms with Crippen LogP contribution in [0, 0.1) is 5.82 Å². The number of piperazine rings is 1. The van der Waals surface area contributed by atoms with Crippen molar-refractivity contribution in [2.24, 2.45) is 0 Å². The Bertz CT molecular complexity index is 960. The van der Waals surface area contributed by atoms with Gasteiger partial charge in [0, 0.05) is 31.7 Å². The molecule has 1 N–H and O–H groups in total. The molecule has 1 amide bonds. The molecule has 1 heterocycles. The molecule has 2 aromatic carbocycles. The van der Waals surface area contributed by atoms with Crippen LogP contribution in [0.15, 0.2) is 42.5 Å². The van der Waals surface area contributed by atoms with Gasteiger partial charge in [-0.3, -0.25) is 9.52 Å². The molecular formula is C18H19ClFN3O3S. The number of nitrogens with one attached hydrogen (secondary N) is 1. The lowest BCUT2D eigenvalue weighted by atomic mass is 10.1. The number of rotatable bonds is 4. The zero-order chi connectivity index (χ0) is 19.6. The second-order valence-electron chi connectivity index (χ2n) is 6.30. The smallest absolute Gasteiger partial charge is 0.254 e. The van der Waals surface area contributed by atoms with Crippen LogP contribution < -0.4 is 9.62 Å². The first-order valence-corrected chi connectivity index (χ1v) is 10.6. The summed E-state index contributed by atoms with van der Waals surface area (Å²) in [6.07, 6.45) is 1.03. The van der Waals surface area contributed by atoms with E-state index in [2.05, 4.69) is 4.72 Å². The molecule has 0 spiro atoms. The molecule has 27 heavy (non-hydrogen) atoms.